The first-order chi connectivity index (χ1) is 21.3. The normalized spacial score (nSPS) is 14.8. The van der Waals surface area contributed by atoms with Gasteiger partial charge in [0.1, 0.15) is 0 Å². The molecule has 224 valence electrons. The van der Waals surface area contributed by atoms with Crippen molar-refractivity contribution in [2.24, 2.45) is 4.99 Å². The average Bonchev–Trinajstić information content (AvgIpc) is 3.53. The second-order valence-electron chi connectivity index (χ2n) is 10.3. The zero-order chi connectivity index (χ0) is 31.0. The molecule has 0 radical (unpaired) electrons. The van der Waals surface area contributed by atoms with Crippen molar-refractivity contribution >= 4 is 45.9 Å². The largest absolute Gasteiger partial charge is 0.493 e. The Morgan fingerprint density at radius 2 is 1.80 bits per heavy atom. The van der Waals surface area contributed by atoms with Gasteiger partial charge in [0.05, 0.1) is 42.7 Å². The van der Waals surface area contributed by atoms with Crippen LogP contribution in [-0.2, 0) is 16.1 Å². The first kappa shape index (κ1) is 29.5. The van der Waals surface area contributed by atoms with Crippen LogP contribution in [0.2, 0.25) is 5.02 Å². The smallest absolute Gasteiger partial charge is 0.338 e. The molecule has 3 aromatic carbocycles. The van der Waals surface area contributed by atoms with Crippen molar-refractivity contribution in [2.75, 3.05) is 20.8 Å². The van der Waals surface area contributed by atoms with Gasteiger partial charge in [0.25, 0.3) is 5.56 Å². The van der Waals surface area contributed by atoms with Crippen molar-refractivity contribution in [3.05, 3.63) is 126 Å². The van der Waals surface area contributed by atoms with E-state index >= 15 is 0 Å². The molecule has 0 unspecified atom stereocenters. The number of carbonyl (C=O) groups excluding carboxylic acids is 1. The van der Waals surface area contributed by atoms with Gasteiger partial charge in [0.15, 0.2) is 16.3 Å². The minimum absolute atomic E-state index is 0.193. The molecule has 5 aromatic rings. The Morgan fingerprint density at radius 1 is 1.05 bits per heavy atom. The molecular weight excluding hydrogens is 598 g/mol. The number of rotatable bonds is 8. The van der Waals surface area contributed by atoms with Crippen molar-refractivity contribution in [3.63, 3.8) is 0 Å². The van der Waals surface area contributed by atoms with Crippen LogP contribution in [0.4, 0.5) is 0 Å². The van der Waals surface area contributed by atoms with Crippen molar-refractivity contribution < 1.29 is 19.0 Å². The fourth-order valence-electron chi connectivity index (χ4n) is 5.58. The van der Waals surface area contributed by atoms with Crippen LogP contribution >= 0.6 is 22.9 Å². The SMILES string of the molecule is CCOC(=O)C1=C(C)N=c2s/c(=C\c3cn(Cc4ccc(Cl)cc4)c4ccccc34)c(=O)n2[C@H]1c1ccc(OC)c(OC)c1. The van der Waals surface area contributed by atoms with E-state index in [1.165, 1.54) is 11.3 Å². The summed E-state index contributed by atoms with van der Waals surface area (Å²) in [4.78, 5) is 32.7. The van der Waals surface area contributed by atoms with Crippen LogP contribution in [0.15, 0.2) is 94.0 Å². The fourth-order valence-corrected chi connectivity index (χ4v) is 6.74. The average molecular weight is 628 g/mol. The maximum atomic E-state index is 14.2. The monoisotopic (exact) mass is 627 g/mol. The molecule has 6 rings (SSSR count). The number of hydrogen-bond acceptors (Lipinski definition) is 7. The van der Waals surface area contributed by atoms with E-state index < -0.39 is 12.0 Å². The third kappa shape index (κ3) is 5.33. The summed E-state index contributed by atoms with van der Waals surface area (Å²) in [5, 5.41) is 1.71. The molecule has 0 bridgehead atoms. The van der Waals surface area contributed by atoms with Crippen molar-refractivity contribution in [1.29, 1.82) is 0 Å². The molecule has 0 fully saturated rings. The lowest BCUT2D eigenvalue weighted by Crippen LogP contribution is -2.39. The molecule has 0 amide bonds. The van der Waals surface area contributed by atoms with Crippen LogP contribution in [-0.4, -0.2) is 35.9 Å². The van der Waals surface area contributed by atoms with E-state index in [0.29, 0.717) is 49.2 Å². The summed E-state index contributed by atoms with van der Waals surface area (Å²) in [6, 6.07) is 20.5. The Hall–Kier alpha value is -4.60. The number of thiazole rings is 1. The summed E-state index contributed by atoms with van der Waals surface area (Å²) in [7, 11) is 3.10. The molecule has 0 saturated carbocycles. The van der Waals surface area contributed by atoms with Gasteiger partial charge in [-0.05, 0) is 61.4 Å². The number of ether oxygens (including phenoxy) is 3. The standard InChI is InChI=1S/C34H30ClN3O5S/c1-5-43-33(40)30-20(2)36-34-38(31(30)22-12-15-27(41-3)28(16-22)42-4)32(39)29(44-34)17-23-19-37(26-9-7-6-8-25(23)26)18-21-10-13-24(35)14-11-21/h6-17,19,31H,5,18H2,1-4H3/b29-17-/t31-/m0/s1. The second-order valence-corrected chi connectivity index (χ2v) is 11.7. The van der Waals surface area contributed by atoms with E-state index in [-0.39, 0.29) is 12.2 Å². The van der Waals surface area contributed by atoms with E-state index in [0.717, 1.165) is 22.0 Å². The Balaban J connectivity index is 1.52. The number of hydrogen-bond donors (Lipinski definition) is 0. The van der Waals surface area contributed by atoms with E-state index in [1.807, 2.05) is 54.6 Å². The van der Waals surface area contributed by atoms with E-state index in [4.69, 9.17) is 30.8 Å². The molecule has 8 nitrogen and oxygen atoms in total. The number of esters is 1. The van der Waals surface area contributed by atoms with Crippen LogP contribution in [0.3, 0.4) is 0 Å². The lowest BCUT2D eigenvalue weighted by molar-refractivity contribution is -0.139. The lowest BCUT2D eigenvalue weighted by atomic mass is 9.95. The van der Waals surface area contributed by atoms with Crippen LogP contribution in [0.5, 0.6) is 11.5 Å². The summed E-state index contributed by atoms with van der Waals surface area (Å²) in [6.45, 7) is 4.35. The molecule has 0 saturated heterocycles. The van der Waals surface area contributed by atoms with Gasteiger partial charge in [-0.2, -0.15) is 0 Å². The number of halogens is 1. The number of fused-ring (bicyclic) bond motifs is 2. The minimum atomic E-state index is -0.765. The molecule has 3 heterocycles. The van der Waals surface area contributed by atoms with Gasteiger partial charge in [0.2, 0.25) is 0 Å². The molecule has 1 aliphatic heterocycles. The summed E-state index contributed by atoms with van der Waals surface area (Å²) in [5.74, 6) is 0.503. The van der Waals surface area contributed by atoms with Gasteiger partial charge in [-0.25, -0.2) is 9.79 Å². The highest BCUT2D eigenvalue weighted by molar-refractivity contribution is 7.07. The van der Waals surface area contributed by atoms with E-state index in [1.54, 1.807) is 44.8 Å². The summed E-state index contributed by atoms with van der Waals surface area (Å²) >= 11 is 7.39. The lowest BCUT2D eigenvalue weighted by Gasteiger charge is -2.25. The van der Waals surface area contributed by atoms with Crippen LogP contribution in [0, 0.1) is 0 Å². The van der Waals surface area contributed by atoms with Gasteiger partial charge in [-0.3, -0.25) is 9.36 Å². The number of carbonyl (C=O) groups is 1. The molecule has 44 heavy (non-hydrogen) atoms. The van der Waals surface area contributed by atoms with E-state index in [2.05, 4.69) is 16.8 Å². The number of para-hydroxylation sites is 1. The Kier molecular flexibility index (Phi) is 8.16. The number of allylic oxidation sites excluding steroid dienone is 1. The number of aromatic nitrogens is 2. The molecule has 10 heteroatoms. The van der Waals surface area contributed by atoms with Crippen LogP contribution < -0.4 is 24.4 Å². The fraction of sp³-hybridized carbons (Fsp3) is 0.206. The first-order valence-electron chi connectivity index (χ1n) is 14.1. The van der Waals surface area contributed by atoms with Gasteiger partial charge in [-0.1, -0.05) is 59.3 Å². The minimum Gasteiger partial charge on any atom is -0.493 e. The number of nitrogens with zero attached hydrogens (tertiary/aromatic N) is 3. The highest BCUT2D eigenvalue weighted by Crippen LogP contribution is 2.36. The summed E-state index contributed by atoms with van der Waals surface area (Å²) < 4.78 is 20.6. The predicted octanol–water partition coefficient (Wildman–Crippen LogP) is 5.47. The number of methoxy groups -OCH3 is 2. The predicted molar refractivity (Wildman–Crippen MR) is 172 cm³/mol. The quantitative estimate of drug-likeness (QED) is 0.213. The third-order valence-corrected chi connectivity index (χ3v) is 8.85. The number of benzene rings is 3. The molecule has 0 spiro atoms. The molecule has 1 atom stereocenters. The van der Waals surface area contributed by atoms with Gasteiger partial charge in [-0.15, -0.1) is 0 Å². The Bertz CT molecular complexity index is 2110. The Labute approximate surface area is 262 Å². The van der Waals surface area contributed by atoms with Crippen molar-refractivity contribution in [2.45, 2.75) is 26.4 Å². The van der Waals surface area contributed by atoms with Crippen LogP contribution in [0.1, 0.15) is 36.6 Å². The van der Waals surface area contributed by atoms with Gasteiger partial charge in [0, 0.05) is 34.2 Å². The highest BCUT2D eigenvalue weighted by Gasteiger charge is 2.34. The zero-order valence-electron chi connectivity index (χ0n) is 24.7. The summed E-state index contributed by atoms with van der Waals surface area (Å²) in [6.07, 6.45) is 3.96. The van der Waals surface area contributed by atoms with E-state index in [9.17, 15) is 9.59 Å². The Morgan fingerprint density at radius 3 is 2.52 bits per heavy atom. The van der Waals surface area contributed by atoms with Crippen molar-refractivity contribution in [1.82, 2.24) is 9.13 Å². The maximum absolute atomic E-state index is 14.2. The van der Waals surface area contributed by atoms with Gasteiger partial charge < -0.3 is 18.8 Å². The second kappa shape index (κ2) is 12.2. The third-order valence-electron chi connectivity index (χ3n) is 7.61. The van der Waals surface area contributed by atoms with Crippen LogP contribution in [0.25, 0.3) is 17.0 Å². The molecule has 0 aliphatic carbocycles. The molecule has 0 N–H and O–H groups in total. The van der Waals surface area contributed by atoms with Gasteiger partial charge >= 0.3 is 5.97 Å². The topological polar surface area (TPSA) is 84.1 Å². The molecular formula is C34H30ClN3O5S. The zero-order valence-corrected chi connectivity index (χ0v) is 26.2. The first-order valence-corrected chi connectivity index (χ1v) is 15.3. The molecule has 2 aromatic heterocycles. The highest BCUT2D eigenvalue weighted by atomic mass is 35.5. The van der Waals surface area contributed by atoms with Crippen molar-refractivity contribution in [3.8, 4) is 11.5 Å². The molecule has 1 aliphatic rings. The maximum Gasteiger partial charge on any atom is 0.338 e. The summed E-state index contributed by atoms with van der Waals surface area (Å²) in [5.41, 5.74) is 4.28.